The minimum Gasteiger partial charge on any atom is -0.497 e. The standard InChI is InChI=1S/C23H25N3O4/c1-29-19-11-6-10-18(14-19)22-20(23(28)24-13-7-12-21(27)30-2)16-26(25-22)15-17-8-4-3-5-9-17/h3-6,8-11,14,16H,7,12-13,15H2,1-2H3,(H,24,28). The summed E-state index contributed by atoms with van der Waals surface area (Å²) in [4.78, 5) is 24.1. The van der Waals surface area contributed by atoms with Crippen molar-refractivity contribution < 1.29 is 19.1 Å². The van der Waals surface area contributed by atoms with E-state index in [1.165, 1.54) is 7.11 Å². The number of hydrogen-bond donors (Lipinski definition) is 1. The molecule has 156 valence electrons. The summed E-state index contributed by atoms with van der Waals surface area (Å²) in [5.74, 6) is 0.156. The highest BCUT2D eigenvalue weighted by Gasteiger charge is 2.18. The average Bonchev–Trinajstić information content (AvgIpc) is 3.21. The van der Waals surface area contributed by atoms with Gasteiger partial charge in [-0.25, -0.2) is 0 Å². The lowest BCUT2D eigenvalue weighted by atomic mass is 10.1. The Morgan fingerprint density at radius 3 is 2.60 bits per heavy atom. The Morgan fingerprint density at radius 2 is 1.87 bits per heavy atom. The molecule has 3 rings (SSSR count). The summed E-state index contributed by atoms with van der Waals surface area (Å²) in [7, 11) is 2.95. The molecular formula is C23H25N3O4. The lowest BCUT2D eigenvalue weighted by Crippen LogP contribution is -2.25. The van der Waals surface area contributed by atoms with Crippen LogP contribution in [-0.2, 0) is 16.1 Å². The Balaban J connectivity index is 1.83. The van der Waals surface area contributed by atoms with Crippen LogP contribution in [0, 0.1) is 0 Å². The SMILES string of the molecule is COC(=O)CCCNC(=O)c1cn(Cc2ccccc2)nc1-c1cccc(OC)c1. The second-order valence-electron chi connectivity index (χ2n) is 6.74. The zero-order valence-corrected chi connectivity index (χ0v) is 17.1. The van der Waals surface area contributed by atoms with E-state index in [4.69, 9.17) is 4.74 Å². The van der Waals surface area contributed by atoms with E-state index in [-0.39, 0.29) is 18.3 Å². The summed E-state index contributed by atoms with van der Waals surface area (Å²) in [6.07, 6.45) is 2.51. The molecule has 30 heavy (non-hydrogen) atoms. The molecule has 1 heterocycles. The lowest BCUT2D eigenvalue weighted by Gasteiger charge is -2.06. The van der Waals surface area contributed by atoms with E-state index in [1.54, 1.807) is 18.0 Å². The highest BCUT2D eigenvalue weighted by molar-refractivity contribution is 5.99. The number of esters is 1. The normalized spacial score (nSPS) is 10.5. The summed E-state index contributed by atoms with van der Waals surface area (Å²) in [6, 6.07) is 17.4. The highest BCUT2D eigenvalue weighted by atomic mass is 16.5. The average molecular weight is 407 g/mol. The number of benzene rings is 2. The van der Waals surface area contributed by atoms with E-state index in [9.17, 15) is 9.59 Å². The third-order valence-corrected chi connectivity index (χ3v) is 4.61. The molecule has 1 aromatic heterocycles. The Labute approximate surface area is 175 Å². The first-order valence-electron chi connectivity index (χ1n) is 9.71. The Bertz CT molecular complexity index is 999. The molecule has 0 unspecified atom stereocenters. The number of rotatable bonds is 9. The first-order chi connectivity index (χ1) is 14.6. The summed E-state index contributed by atoms with van der Waals surface area (Å²) in [6.45, 7) is 0.919. The number of methoxy groups -OCH3 is 2. The predicted molar refractivity (Wildman–Crippen MR) is 113 cm³/mol. The molecule has 0 atom stereocenters. The van der Waals surface area contributed by atoms with Gasteiger partial charge in [-0.2, -0.15) is 5.10 Å². The summed E-state index contributed by atoms with van der Waals surface area (Å²) >= 11 is 0. The fourth-order valence-electron chi connectivity index (χ4n) is 3.05. The van der Waals surface area contributed by atoms with Gasteiger partial charge in [0.1, 0.15) is 11.4 Å². The minimum atomic E-state index is -0.294. The monoisotopic (exact) mass is 407 g/mol. The number of hydrogen-bond acceptors (Lipinski definition) is 5. The van der Waals surface area contributed by atoms with Crippen LogP contribution in [0.15, 0.2) is 60.8 Å². The highest BCUT2D eigenvalue weighted by Crippen LogP contribution is 2.26. The molecule has 0 aliphatic rings. The van der Waals surface area contributed by atoms with Gasteiger partial charge in [-0.1, -0.05) is 42.5 Å². The minimum absolute atomic E-state index is 0.239. The molecular weight excluding hydrogens is 382 g/mol. The zero-order valence-electron chi connectivity index (χ0n) is 17.1. The molecule has 0 saturated heterocycles. The van der Waals surface area contributed by atoms with E-state index >= 15 is 0 Å². The first-order valence-corrected chi connectivity index (χ1v) is 9.71. The van der Waals surface area contributed by atoms with Crippen molar-refractivity contribution in [1.82, 2.24) is 15.1 Å². The van der Waals surface area contributed by atoms with Gasteiger partial charge in [-0.05, 0) is 24.1 Å². The van der Waals surface area contributed by atoms with E-state index in [0.717, 1.165) is 11.1 Å². The van der Waals surface area contributed by atoms with Crippen LogP contribution in [0.2, 0.25) is 0 Å². The number of nitrogens with zero attached hydrogens (tertiary/aromatic N) is 2. The van der Waals surface area contributed by atoms with Crippen molar-refractivity contribution in [2.24, 2.45) is 0 Å². The van der Waals surface area contributed by atoms with Crippen LogP contribution < -0.4 is 10.1 Å². The molecule has 1 N–H and O–H groups in total. The number of carbonyl (C=O) groups excluding carboxylic acids is 2. The van der Waals surface area contributed by atoms with Gasteiger partial charge in [-0.3, -0.25) is 14.3 Å². The van der Waals surface area contributed by atoms with Crippen LogP contribution >= 0.6 is 0 Å². The molecule has 0 bridgehead atoms. The molecule has 0 saturated carbocycles. The maximum absolute atomic E-state index is 12.9. The van der Waals surface area contributed by atoms with Gasteiger partial charge < -0.3 is 14.8 Å². The van der Waals surface area contributed by atoms with Crippen molar-refractivity contribution in [2.45, 2.75) is 19.4 Å². The second-order valence-corrected chi connectivity index (χ2v) is 6.74. The molecule has 7 heteroatoms. The fourth-order valence-corrected chi connectivity index (χ4v) is 3.05. The van der Waals surface area contributed by atoms with Crippen LogP contribution in [0.5, 0.6) is 5.75 Å². The zero-order chi connectivity index (χ0) is 21.3. The topological polar surface area (TPSA) is 82.5 Å². The third-order valence-electron chi connectivity index (χ3n) is 4.61. The van der Waals surface area contributed by atoms with Gasteiger partial charge in [-0.15, -0.1) is 0 Å². The van der Waals surface area contributed by atoms with Gasteiger partial charge in [0.15, 0.2) is 0 Å². The molecule has 0 fully saturated rings. The number of amides is 1. The Morgan fingerprint density at radius 1 is 1.07 bits per heavy atom. The van der Waals surface area contributed by atoms with Gasteiger partial charge in [0.2, 0.25) is 0 Å². The van der Waals surface area contributed by atoms with Crippen molar-refractivity contribution in [3.63, 3.8) is 0 Å². The fraction of sp³-hybridized carbons (Fsp3) is 0.261. The van der Waals surface area contributed by atoms with Gasteiger partial charge >= 0.3 is 5.97 Å². The first kappa shape index (κ1) is 21.1. The number of ether oxygens (including phenoxy) is 2. The van der Waals surface area contributed by atoms with E-state index < -0.39 is 0 Å². The molecule has 0 aliphatic carbocycles. The lowest BCUT2D eigenvalue weighted by molar-refractivity contribution is -0.140. The Kier molecular flexibility index (Phi) is 7.21. The van der Waals surface area contributed by atoms with Crippen LogP contribution in [-0.4, -0.2) is 42.4 Å². The predicted octanol–water partition coefficient (Wildman–Crippen LogP) is 3.29. The molecule has 0 aliphatic heterocycles. The van der Waals surface area contributed by atoms with Crippen LogP contribution in [0.4, 0.5) is 0 Å². The van der Waals surface area contributed by atoms with E-state index in [0.29, 0.717) is 36.5 Å². The van der Waals surface area contributed by atoms with Crippen molar-refractivity contribution >= 4 is 11.9 Å². The van der Waals surface area contributed by atoms with Crippen molar-refractivity contribution in [3.8, 4) is 17.0 Å². The van der Waals surface area contributed by atoms with Crippen LogP contribution in [0.25, 0.3) is 11.3 Å². The Hall–Kier alpha value is -3.61. The van der Waals surface area contributed by atoms with E-state index in [1.807, 2.05) is 54.6 Å². The maximum Gasteiger partial charge on any atom is 0.305 e. The third kappa shape index (κ3) is 5.47. The summed E-state index contributed by atoms with van der Waals surface area (Å²) in [5, 5.41) is 7.53. The quantitative estimate of drug-likeness (QED) is 0.435. The number of aromatic nitrogens is 2. The van der Waals surface area contributed by atoms with Crippen molar-refractivity contribution in [1.29, 1.82) is 0 Å². The van der Waals surface area contributed by atoms with Crippen LogP contribution in [0.3, 0.4) is 0 Å². The van der Waals surface area contributed by atoms with Crippen molar-refractivity contribution in [2.75, 3.05) is 20.8 Å². The van der Waals surface area contributed by atoms with Gasteiger partial charge in [0.05, 0.1) is 26.3 Å². The number of carbonyl (C=O) groups is 2. The molecule has 0 radical (unpaired) electrons. The molecule has 0 spiro atoms. The van der Waals surface area contributed by atoms with Crippen LogP contribution in [0.1, 0.15) is 28.8 Å². The second kappa shape index (κ2) is 10.2. The molecule has 2 aromatic carbocycles. The van der Waals surface area contributed by atoms with Crippen molar-refractivity contribution in [3.05, 3.63) is 71.9 Å². The molecule has 3 aromatic rings. The summed E-state index contributed by atoms with van der Waals surface area (Å²) in [5.41, 5.74) is 2.93. The molecule has 1 amide bonds. The van der Waals surface area contributed by atoms with Gasteiger partial charge in [0.25, 0.3) is 5.91 Å². The summed E-state index contributed by atoms with van der Waals surface area (Å²) < 4.78 is 11.7. The van der Waals surface area contributed by atoms with Gasteiger partial charge in [0, 0.05) is 24.7 Å². The smallest absolute Gasteiger partial charge is 0.305 e. The maximum atomic E-state index is 12.9. The molecule has 7 nitrogen and oxygen atoms in total. The largest absolute Gasteiger partial charge is 0.497 e. The van der Waals surface area contributed by atoms with E-state index in [2.05, 4.69) is 15.2 Å². The number of nitrogens with one attached hydrogen (secondary N) is 1.